The van der Waals surface area contributed by atoms with Crippen LogP contribution in [0.4, 0.5) is 0 Å². The summed E-state index contributed by atoms with van der Waals surface area (Å²) >= 11 is 6.48. The van der Waals surface area contributed by atoms with Crippen LogP contribution in [0.15, 0.2) is 60.7 Å². The third-order valence-electron chi connectivity index (χ3n) is 6.02. The highest BCUT2D eigenvalue weighted by Crippen LogP contribution is 2.26. The van der Waals surface area contributed by atoms with Crippen LogP contribution in [0.3, 0.4) is 0 Å². The van der Waals surface area contributed by atoms with Crippen LogP contribution in [-0.4, -0.2) is 27.7 Å². The number of carbonyl (C=O) groups excluding carboxylic acids is 1. The van der Waals surface area contributed by atoms with E-state index in [0.717, 1.165) is 47.0 Å². The molecule has 3 aromatic carbocycles. The van der Waals surface area contributed by atoms with Crippen LogP contribution < -0.4 is 4.74 Å². The molecule has 0 saturated heterocycles. The first-order chi connectivity index (χ1) is 17.0. The number of carbonyl (C=O) groups is 1. The number of ether oxygens (including phenoxy) is 2. The minimum atomic E-state index is -0.380. The fourth-order valence-electron chi connectivity index (χ4n) is 4.13. The first-order valence-electron chi connectivity index (χ1n) is 11.7. The number of rotatable bonds is 10. The summed E-state index contributed by atoms with van der Waals surface area (Å²) in [5.41, 5.74) is 2.84. The van der Waals surface area contributed by atoms with Crippen molar-refractivity contribution in [3.63, 3.8) is 0 Å². The monoisotopic (exact) mass is 492 g/mol. The van der Waals surface area contributed by atoms with Gasteiger partial charge in [-0.1, -0.05) is 73.5 Å². The van der Waals surface area contributed by atoms with Crippen molar-refractivity contribution < 1.29 is 19.4 Å². The van der Waals surface area contributed by atoms with Crippen molar-refractivity contribution in [1.29, 1.82) is 0 Å². The lowest BCUT2D eigenvalue weighted by Gasteiger charge is -2.13. The van der Waals surface area contributed by atoms with Crippen LogP contribution in [0.25, 0.3) is 10.8 Å². The number of imidazole rings is 1. The van der Waals surface area contributed by atoms with E-state index in [9.17, 15) is 9.90 Å². The number of halogens is 1. The summed E-state index contributed by atoms with van der Waals surface area (Å²) in [6.07, 6.45) is 2.87. The fourth-order valence-corrected chi connectivity index (χ4v) is 4.39. The van der Waals surface area contributed by atoms with Crippen molar-refractivity contribution in [2.45, 2.75) is 45.9 Å². The lowest BCUT2D eigenvalue weighted by molar-refractivity contribution is 0.0600. The fraction of sp³-hybridized carbons (Fsp3) is 0.286. The molecule has 0 spiro atoms. The number of hydrogen-bond acceptors (Lipinski definition) is 5. The van der Waals surface area contributed by atoms with E-state index in [2.05, 4.69) is 11.9 Å². The maximum atomic E-state index is 12.5. The molecule has 7 heteroatoms. The van der Waals surface area contributed by atoms with Gasteiger partial charge in [-0.25, -0.2) is 9.78 Å². The van der Waals surface area contributed by atoms with Gasteiger partial charge in [0.1, 0.15) is 29.0 Å². The largest absolute Gasteiger partial charge is 0.489 e. The topological polar surface area (TPSA) is 73.6 Å². The minimum absolute atomic E-state index is 0.180. The van der Waals surface area contributed by atoms with Crippen molar-refractivity contribution >= 4 is 28.3 Å². The maximum absolute atomic E-state index is 12.5. The second-order valence-corrected chi connectivity index (χ2v) is 8.72. The molecule has 4 rings (SSSR count). The van der Waals surface area contributed by atoms with E-state index in [-0.39, 0.29) is 19.2 Å². The number of esters is 1. The Labute approximate surface area is 210 Å². The second-order valence-electron chi connectivity index (χ2n) is 8.36. The van der Waals surface area contributed by atoms with E-state index < -0.39 is 0 Å². The van der Waals surface area contributed by atoms with Gasteiger partial charge in [0.05, 0.1) is 25.8 Å². The average molecular weight is 493 g/mol. The van der Waals surface area contributed by atoms with Gasteiger partial charge >= 0.3 is 5.97 Å². The highest BCUT2D eigenvalue weighted by molar-refractivity contribution is 6.30. The van der Waals surface area contributed by atoms with Gasteiger partial charge in [-0.2, -0.15) is 0 Å². The lowest BCUT2D eigenvalue weighted by Crippen LogP contribution is -2.09. The normalized spacial score (nSPS) is 11.1. The first kappa shape index (κ1) is 24.8. The Morgan fingerprint density at radius 1 is 1.09 bits per heavy atom. The standard InChI is InChI=1S/C28H29ClN2O4/c1-3-4-9-25-30-24(17-32)27(29)31(25)16-19-10-14-22(15-11-19)35-18-21-13-12-20-7-5-6-8-23(20)26(21)28(33)34-2/h5-8,10-15,32H,3-4,9,16-18H2,1-2H3. The quantitative estimate of drug-likeness (QED) is 0.277. The molecule has 0 atom stereocenters. The lowest BCUT2D eigenvalue weighted by atomic mass is 9.99. The summed E-state index contributed by atoms with van der Waals surface area (Å²) in [6.45, 7) is 2.75. The van der Waals surface area contributed by atoms with Gasteiger partial charge in [0.2, 0.25) is 0 Å². The van der Waals surface area contributed by atoms with E-state index in [1.807, 2.05) is 65.2 Å². The Hall–Kier alpha value is -3.35. The summed E-state index contributed by atoms with van der Waals surface area (Å²) in [5, 5.41) is 11.9. The minimum Gasteiger partial charge on any atom is -0.489 e. The van der Waals surface area contributed by atoms with Crippen molar-refractivity contribution in [2.24, 2.45) is 0 Å². The molecule has 0 aliphatic carbocycles. The molecular weight excluding hydrogens is 464 g/mol. The summed E-state index contributed by atoms with van der Waals surface area (Å²) in [4.78, 5) is 17.0. The first-order valence-corrected chi connectivity index (χ1v) is 12.1. The third-order valence-corrected chi connectivity index (χ3v) is 6.44. The van der Waals surface area contributed by atoms with Gasteiger partial charge in [-0.05, 0) is 34.9 Å². The highest BCUT2D eigenvalue weighted by atomic mass is 35.5. The molecule has 4 aromatic rings. The molecule has 35 heavy (non-hydrogen) atoms. The van der Waals surface area contributed by atoms with Gasteiger partial charge in [0.15, 0.2) is 0 Å². The van der Waals surface area contributed by atoms with Crippen molar-refractivity contribution in [3.05, 3.63) is 94.0 Å². The van der Waals surface area contributed by atoms with Crippen LogP contribution in [0.1, 0.15) is 52.8 Å². The predicted octanol–water partition coefficient (Wildman–Crippen LogP) is 5.94. The summed E-state index contributed by atoms with van der Waals surface area (Å²) < 4.78 is 13.0. The van der Waals surface area contributed by atoms with Gasteiger partial charge < -0.3 is 19.1 Å². The van der Waals surface area contributed by atoms with E-state index in [1.165, 1.54) is 7.11 Å². The molecule has 1 heterocycles. The molecular formula is C28H29ClN2O4. The summed E-state index contributed by atoms with van der Waals surface area (Å²) in [7, 11) is 1.39. The molecule has 0 saturated carbocycles. The Balaban J connectivity index is 1.50. The van der Waals surface area contributed by atoms with Crippen LogP contribution in [0.2, 0.25) is 5.15 Å². The number of benzene rings is 3. The number of aliphatic hydroxyl groups is 1. The maximum Gasteiger partial charge on any atom is 0.338 e. The SMILES string of the molecule is CCCCc1nc(CO)c(Cl)n1Cc1ccc(OCc2ccc3ccccc3c2C(=O)OC)cc1. The van der Waals surface area contributed by atoms with Crippen molar-refractivity contribution in [3.8, 4) is 5.75 Å². The summed E-state index contributed by atoms with van der Waals surface area (Å²) in [6, 6.07) is 19.4. The van der Waals surface area contributed by atoms with Gasteiger partial charge in [-0.15, -0.1) is 0 Å². The molecule has 0 bridgehead atoms. The van der Waals surface area contributed by atoms with Crippen LogP contribution in [0, 0.1) is 0 Å². The number of aliphatic hydroxyl groups excluding tert-OH is 1. The number of nitrogens with zero attached hydrogens (tertiary/aromatic N) is 2. The number of fused-ring (bicyclic) bond motifs is 1. The van der Waals surface area contributed by atoms with Crippen LogP contribution >= 0.6 is 11.6 Å². The molecule has 0 aliphatic heterocycles. The van der Waals surface area contributed by atoms with E-state index in [4.69, 9.17) is 21.1 Å². The number of unbranched alkanes of at least 4 members (excludes halogenated alkanes) is 1. The predicted molar refractivity (Wildman–Crippen MR) is 137 cm³/mol. The molecule has 0 radical (unpaired) electrons. The second kappa shape index (κ2) is 11.4. The van der Waals surface area contributed by atoms with Gasteiger partial charge in [0.25, 0.3) is 0 Å². The number of methoxy groups -OCH3 is 1. The van der Waals surface area contributed by atoms with Crippen molar-refractivity contribution in [1.82, 2.24) is 9.55 Å². The Morgan fingerprint density at radius 2 is 1.86 bits per heavy atom. The zero-order chi connectivity index (χ0) is 24.8. The Morgan fingerprint density at radius 3 is 2.57 bits per heavy atom. The Kier molecular flexibility index (Phi) is 8.06. The molecule has 182 valence electrons. The van der Waals surface area contributed by atoms with Crippen molar-refractivity contribution in [2.75, 3.05) is 7.11 Å². The number of hydrogen-bond donors (Lipinski definition) is 1. The smallest absolute Gasteiger partial charge is 0.338 e. The van der Waals surface area contributed by atoms with Gasteiger partial charge in [-0.3, -0.25) is 0 Å². The van der Waals surface area contributed by atoms with Gasteiger partial charge in [0, 0.05) is 12.0 Å². The molecule has 0 aliphatic rings. The molecule has 6 nitrogen and oxygen atoms in total. The number of aryl methyl sites for hydroxylation is 1. The molecule has 0 fully saturated rings. The molecule has 1 aromatic heterocycles. The van der Waals surface area contributed by atoms with E-state index in [1.54, 1.807) is 0 Å². The zero-order valence-corrected chi connectivity index (χ0v) is 20.7. The van der Waals surface area contributed by atoms with E-state index in [0.29, 0.717) is 28.7 Å². The molecule has 0 amide bonds. The number of aromatic nitrogens is 2. The van der Waals surface area contributed by atoms with Crippen LogP contribution in [0.5, 0.6) is 5.75 Å². The van der Waals surface area contributed by atoms with E-state index >= 15 is 0 Å². The highest BCUT2D eigenvalue weighted by Gasteiger charge is 2.17. The average Bonchev–Trinajstić information content (AvgIpc) is 3.20. The molecule has 0 unspecified atom stereocenters. The third kappa shape index (κ3) is 5.50. The zero-order valence-electron chi connectivity index (χ0n) is 20.0. The Bertz CT molecular complexity index is 1310. The molecule has 1 N–H and O–H groups in total. The summed E-state index contributed by atoms with van der Waals surface area (Å²) in [5.74, 6) is 1.19. The van der Waals surface area contributed by atoms with Crippen LogP contribution in [-0.2, 0) is 30.9 Å².